The highest BCUT2D eigenvalue weighted by molar-refractivity contribution is 6.35. The van der Waals surface area contributed by atoms with Crippen LogP contribution in [0.5, 0.6) is 0 Å². The number of rotatable bonds is 4. The average molecular weight is 356 g/mol. The lowest BCUT2D eigenvalue weighted by Crippen LogP contribution is -2.07. The summed E-state index contributed by atoms with van der Waals surface area (Å²) in [5.41, 5.74) is 5.22. The van der Waals surface area contributed by atoms with Gasteiger partial charge >= 0.3 is 0 Å². The van der Waals surface area contributed by atoms with E-state index in [9.17, 15) is 5.21 Å². The van der Waals surface area contributed by atoms with Crippen molar-refractivity contribution in [1.29, 1.82) is 0 Å². The van der Waals surface area contributed by atoms with E-state index in [1.807, 2.05) is 43.3 Å². The van der Waals surface area contributed by atoms with Gasteiger partial charge in [-0.05, 0) is 50.6 Å². The normalized spacial score (nSPS) is 11.6. The minimum atomic E-state index is 0.337. The minimum absolute atomic E-state index is 0.337. The quantitative estimate of drug-likeness (QED) is 0.382. The van der Waals surface area contributed by atoms with E-state index in [1.54, 1.807) is 19.9 Å². The Labute approximate surface area is 150 Å². The Kier molecular flexibility index (Phi) is 4.76. The van der Waals surface area contributed by atoms with E-state index < -0.39 is 0 Å². The van der Waals surface area contributed by atoms with Crippen molar-refractivity contribution in [3.63, 3.8) is 0 Å². The van der Waals surface area contributed by atoms with Crippen LogP contribution >= 0.6 is 11.6 Å². The van der Waals surface area contributed by atoms with E-state index in [1.165, 1.54) is 0 Å². The van der Waals surface area contributed by atoms with Crippen LogP contribution in [0, 0.1) is 20.8 Å². The summed E-state index contributed by atoms with van der Waals surface area (Å²) in [7, 11) is 0. The molecule has 0 saturated heterocycles. The van der Waals surface area contributed by atoms with E-state index in [0.29, 0.717) is 33.3 Å². The molecule has 0 bridgehead atoms. The lowest BCUT2D eigenvalue weighted by Gasteiger charge is -2.12. The van der Waals surface area contributed by atoms with E-state index in [-0.39, 0.29) is 0 Å². The van der Waals surface area contributed by atoms with Crippen LogP contribution in [0.3, 0.4) is 0 Å². The zero-order valence-electron chi connectivity index (χ0n) is 14.2. The Hall–Kier alpha value is -2.79. The standard InChI is InChI=1S/C19H18ClN3O2/c1-11-6-4-5-7-17(11)21-14-8-9-15(16(20)10-14)19(22-24)18-12(2)23-25-13(18)3/h4-10,21,24H,1-3H3/b22-19+. The molecular formula is C19H18ClN3O2. The van der Waals surface area contributed by atoms with Gasteiger partial charge in [0.2, 0.25) is 0 Å². The zero-order valence-corrected chi connectivity index (χ0v) is 14.9. The van der Waals surface area contributed by atoms with Crippen molar-refractivity contribution in [3.8, 4) is 0 Å². The van der Waals surface area contributed by atoms with Crippen LogP contribution in [0.25, 0.3) is 0 Å². The van der Waals surface area contributed by atoms with Crippen LogP contribution in [-0.4, -0.2) is 16.1 Å². The molecule has 128 valence electrons. The number of halogens is 1. The first-order valence-corrected chi connectivity index (χ1v) is 8.17. The van der Waals surface area contributed by atoms with Crippen molar-refractivity contribution in [2.45, 2.75) is 20.8 Å². The Morgan fingerprint density at radius 3 is 2.52 bits per heavy atom. The molecule has 0 aliphatic heterocycles. The molecule has 0 saturated carbocycles. The highest BCUT2D eigenvalue weighted by Gasteiger charge is 2.20. The van der Waals surface area contributed by atoms with Crippen LogP contribution in [0.2, 0.25) is 5.02 Å². The molecule has 6 heteroatoms. The van der Waals surface area contributed by atoms with Crippen molar-refractivity contribution < 1.29 is 9.73 Å². The van der Waals surface area contributed by atoms with Gasteiger partial charge in [0.05, 0.1) is 16.3 Å². The van der Waals surface area contributed by atoms with Crippen molar-refractivity contribution in [1.82, 2.24) is 5.16 Å². The molecule has 0 aliphatic rings. The summed E-state index contributed by atoms with van der Waals surface area (Å²) >= 11 is 6.45. The maximum absolute atomic E-state index is 9.51. The van der Waals surface area contributed by atoms with Gasteiger partial charge in [-0.3, -0.25) is 0 Å². The molecular weight excluding hydrogens is 338 g/mol. The highest BCUT2D eigenvalue weighted by atomic mass is 35.5. The lowest BCUT2D eigenvalue weighted by molar-refractivity contribution is 0.319. The fourth-order valence-corrected chi connectivity index (χ4v) is 2.98. The second-order valence-corrected chi connectivity index (χ2v) is 6.19. The number of hydrogen-bond acceptors (Lipinski definition) is 5. The van der Waals surface area contributed by atoms with Gasteiger partial charge in [0.1, 0.15) is 11.5 Å². The molecule has 3 rings (SSSR count). The topological polar surface area (TPSA) is 70.7 Å². The number of aryl methyl sites for hydroxylation is 3. The number of benzene rings is 2. The van der Waals surface area contributed by atoms with E-state index >= 15 is 0 Å². The molecule has 2 aromatic carbocycles. The number of aromatic nitrogens is 1. The van der Waals surface area contributed by atoms with Crippen molar-refractivity contribution >= 4 is 28.7 Å². The van der Waals surface area contributed by atoms with E-state index in [2.05, 4.69) is 15.6 Å². The van der Waals surface area contributed by atoms with Crippen molar-refractivity contribution in [2.24, 2.45) is 5.16 Å². The number of anilines is 2. The predicted octanol–water partition coefficient (Wildman–Crippen LogP) is 5.22. The van der Waals surface area contributed by atoms with Gasteiger partial charge in [-0.2, -0.15) is 0 Å². The largest absolute Gasteiger partial charge is 0.410 e. The molecule has 1 aromatic heterocycles. The lowest BCUT2D eigenvalue weighted by atomic mass is 10.0. The van der Waals surface area contributed by atoms with E-state index in [0.717, 1.165) is 16.9 Å². The fraction of sp³-hybridized carbons (Fsp3) is 0.158. The summed E-state index contributed by atoms with van der Waals surface area (Å²) in [6.45, 7) is 5.59. The molecule has 2 N–H and O–H groups in total. The second kappa shape index (κ2) is 6.99. The zero-order chi connectivity index (χ0) is 18.0. The summed E-state index contributed by atoms with van der Waals surface area (Å²) in [5, 5.41) is 20.6. The third kappa shape index (κ3) is 3.37. The van der Waals surface area contributed by atoms with Gasteiger partial charge in [-0.15, -0.1) is 0 Å². The number of oxime groups is 1. The van der Waals surface area contributed by atoms with Crippen LogP contribution in [-0.2, 0) is 0 Å². The minimum Gasteiger partial charge on any atom is -0.410 e. The first-order chi connectivity index (χ1) is 12.0. The van der Waals surface area contributed by atoms with Crippen LogP contribution in [0.1, 0.15) is 28.1 Å². The van der Waals surface area contributed by atoms with Crippen molar-refractivity contribution in [2.75, 3.05) is 5.32 Å². The molecule has 0 unspecified atom stereocenters. The maximum atomic E-state index is 9.51. The fourth-order valence-electron chi connectivity index (χ4n) is 2.71. The van der Waals surface area contributed by atoms with Gasteiger partial charge in [0, 0.05) is 16.9 Å². The Morgan fingerprint density at radius 2 is 1.92 bits per heavy atom. The van der Waals surface area contributed by atoms with Crippen LogP contribution in [0.15, 0.2) is 52.1 Å². The number of nitrogens with one attached hydrogen (secondary N) is 1. The average Bonchev–Trinajstić information content (AvgIpc) is 2.92. The SMILES string of the molecule is Cc1ccccc1Nc1ccc(/C(=N\O)c2c(C)noc2C)c(Cl)c1. The Morgan fingerprint density at radius 1 is 1.16 bits per heavy atom. The van der Waals surface area contributed by atoms with Gasteiger partial charge in [-0.25, -0.2) is 0 Å². The van der Waals surface area contributed by atoms with Gasteiger partial charge < -0.3 is 15.0 Å². The van der Waals surface area contributed by atoms with Crippen LogP contribution in [0.4, 0.5) is 11.4 Å². The molecule has 0 spiro atoms. The molecule has 25 heavy (non-hydrogen) atoms. The first-order valence-electron chi connectivity index (χ1n) is 7.79. The van der Waals surface area contributed by atoms with Gasteiger partial charge in [0.15, 0.2) is 0 Å². The summed E-state index contributed by atoms with van der Waals surface area (Å²) in [6, 6.07) is 13.5. The van der Waals surface area contributed by atoms with E-state index in [4.69, 9.17) is 16.1 Å². The number of nitrogens with zero attached hydrogens (tertiary/aromatic N) is 2. The van der Waals surface area contributed by atoms with Gasteiger partial charge in [-0.1, -0.05) is 40.1 Å². The summed E-state index contributed by atoms with van der Waals surface area (Å²) in [4.78, 5) is 0. The number of para-hydroxylation sites is 1. The molecule has 0 radical (unpaired) electrons. The summed E-state index contributed by atoms with van der Waals surface area (Å²) < 4.78 is 5.16. The predicted molar refractivity (Wildman–Crippen MR) is 99.3 cm³/mol. The summed E-state index contributed by atoms with van der Waals surface area (Å²) in [6.07, 6.45) is 0. The van der Waals surface area contributed by atoms with Crippen LogP contribution < -0.4 is 5.32 Å². The second-order valence-electron chi connectivity index (χ2n) is 5.78. The molecule has 0 atom stereocenters. The van der Waals surface area contributed by atoms with Gasteiger partial charge in [0.25, 0.3) is 0 Å². The van der Waals surface area contributed by atoms with Crippen molar-refractivity contribution in [3.05, 3.63) is 75.6 Å². The maximum Gasteiger partial charge on any atom is 0.143 e. The molecule has 1 heterocycles. The number of hydrogen-bond donors (Lipinski definition) is 2. The summed E-state index contributed by atoms with van der Waals surface area (Å²) in [5.74, 6) is 0.573. The molecule has 5 nitrogen and oxygen atoms in total. The third-order valence-electron chi connectivity index (χ3n) is 4.02. The molecule has 0 fully saturated rings. The molecule has 3 aromatic rings. The Balaban J connectivity index is 1.96. The first kappa shape index (κ1) is 17.0. The smallest absolute Gasteiger partial charge is 0.143 e. The highest BCUT2D eigenvalue weighted by Crippen LogP contribution is 2.28. The monoisotopic (exact) mass is 355 g/mol. The molecule has 0 aliphatic carbocycles. The third-order valence-corrected chi connectivity index (χ3v) is 4.33. The molecule has 0 amide bonds. The Bertz CT molecular complexity index is 928.